The largest absolute Gasteiger partial charge is 0.340 e. The Kier molecular flexibility index (Phi) is 6.43. The number of carbonyl (C=O) groups excluding carboxylic acids is 2. The molecule has 0 atom stereocenters. The third kappa shape index (κ3) is 4.75. The van der Waals surface area contributed by atoms with E-state index < -0.39 is 0 Å². The van der Waals surface area contributed by atoms with Crippen LogP contribution >= 0.6 is 0 Å². The van der Waals surface area contributed by atoms with Crippen molar-refractivity contribution >= 4 is 11.8 Å². The van der Waals surface area contributed by atoms with Crippen molar-refractivity contribution in [2.45, 2.75) is 46.0 Å². The number of hydrogen-bond donors (Lipinski definition) is 0. The molecule has 0 aromatic heterocycles. The van der Waals surface area contributed by atoms with Crippen molar-refractivity contribution in [3.05, 3.63) is 35.4 Å². The number of nitrogens with zero attached hydrogens (tertiary/aromatic N) is 3. The lowest BCUT2D eigenvalue weighted by Crippen LogP contribution is -2.51. The topological polar surface area (TPSA) is 43.9 Å². The van der Waals surface area contributed by atoms with Crippen molar-refractivity contribution in [3.8, 4) is 0 Å². The first-order valence-electron chi connectivity index (χ1n) is 10.7. The molecule has 2 fully saturated rings. The number of benzene rings is 1. The Morgan fingerprint density at radius 1 is 0.893 bits per heavy atom. The highest BCUT2D eigenvalue weighted by Crippen LogP contribution is 2.24. The van der Waals surface area contributed by atoms with Crippen molar-refractivity contribution in [2.24, 2.45) is 5.92 Å². The molecule has 0 unspecified atom stereocenters. The molecule has 2 aliphatic rings. The predicted molar refractivity (Wildman–Crippen MR) is 112 cm³/mol. The smallest absolute Gasteiger partial charge is 0.253 e. The van der Waals surface area contributed by atoms with Crippen LogP contribution in [0.1, 0.15) is 56.5 Å². The van der Waals surface area contributed by atoms with E-state index in [4.69, 9.17) is 0 Å². The van der Waals surface area contributed by atoms with Gasteiger partial charge < -0.3 is 14.7 Å². The van der Waals surface area contributed by atoms with Crippen LogP contribution in [0.5, 0.6) is 0 Å². The van der Waals surface area contributed by atoms with Crippen LogP contribution in [-0.2, 0) is 10.2 Å². The molecule has 0 N–H and O–H groups in total. The third-order valence-electron chi connectivity index (χ3n) is 6.26. The van der Waals surface area contributed by atoms with Crippen LogP contribution in [0.3, 0.4) is 0 Å². The number of carbonyl (C=O) groups is 2. The van der Waals surface area contributed by atoms with E-state index in [9.17, 15) is 9.59 Å². The van der Waals surface area contributed by atoms with E-state index in [1.54, 1.807) is 0 Å². The number of piperidine rings is 1. The quantitative estimate of drug-likeness (QED) is 0.803. The van der Waals surface area contributed by atoms with Crippen molar-refractivity contribution in [1.29, 1.82) is 0 Å². The van der Waals surface area contributed by atoms with Crippen LogP contribution in [0, 0.1) is 5.92 Å². The van der Waals surface area contributed by atoms with Gasteiger partial charge in [-0.05, 0) is 42.5 Å². The SMILES string of the molecule is CCN1CCN(C(=O)C2CCN(C(=O)c3ccc(C(C)(C)C)cc3)CC2)CC1. The second-order valence-corrected chi connectivity index (χ2v) is 9.15. The summed E-state index contributed by atoms with van der Waals surface area (Å²) in [6.07, 6.45) is 1.55. The van der Waals surface area contributed by atoms with E-state index >= 15 is 0 Å². The molecule has 1 aromatic rings. The van der Waals surface area contributed by atoms with Crippen LogP contribution in [-0.4, -0.2) is 72.3 Å². The average molecular weight is 386 g/mol. The Morgan fingerprint density at radius 2 is 1.46 bits per heavy atom. The number of likely N-dealkylation sites (N-methyl/N-ethyl adjacent to an activating group) is 1. The van der Waals surface area contributed by atoms with Crippen LogP contribution in [0.15, 0.2) is 24.3 Å². The van der Waals surface area contributed by atoms with Gasteiger partial charge in [0.25, 0.3) is 5.91 Å². The van der Waals surface area contributed by atoms with Gasteiger partial charge in [-0.2, -0.15) is 0 Å². The van der Waals surface area contributed by atoms with Crippen molar-refractivity contribution < 1.29 is 9.59 Å². The van der Waals surface area contributed by atoms with Gasteiger partial charge in [0.2, 0.25) is 5.91 Å². The zero-order valence-corrected chi connectivity index (χ0v) is 17.9. The van der Waals surface area contributed by atoms with E-state index in [1.165, 1.54) is 5.56 Å². The molecule has 5 nitrogen and oxygen atoms in total. The number of hydrogen-bond acceptors (Lipinski definition) is 3. The van der Waals surface area contributed by atoms with Crippen LogP contribution < -0.4 is 0 Å². The van der Waals surface area contributed by atoms with Gasteiger partial charge in [0.05, 0.1) is 0 Å². The molecule has 2 saturated heterocycles. The summed E-state index contributed by atoms with van der Waals surface area (Å²) in [4.78, 5) is 32.0. The van der Waals surface area contributed by atoms with Gasteiger partial charge in [-0.25, -0.2) is 0 Å². The Hall–Kier alpha value is -1.88. The summed E-state index contributed by atoms with van der Waals surface area (Å²) < 4.78 is 0. The standard InChI is InChI=1S/C23H35N3O2/c1-5-24-14-16-26(17-15-24)22(28)19-10-12-25(13-11-19)21(27)18-6-8-20(9-7-18)23(2,3)4/h6-9,19H,5,10-17H2,1-4H3. The molecule has 2 amide bonds. The minimum Gasteiger partial charge on any atom is -0.340 e. The monoisotopic (exact) mass is 385 g/mol. The summed E-state index contributed by atoms with van der Waals surface area (Å²) in [6, 6.07) is 7.99. The fourth-order valence-electron chi connectivity index (χ4n) is 4.17. The molecule has 0 radical (unpaired) electrons. The Labute approximate surface area is 169 Å². The molecule has 154 valence electrons. The zero-order chi connectivity index (χ0) is 20.3. The lowest BCUT2D eigenvalue weighted by Gasteiger charge is -2.38. The average Bonchev–Trinajstić information content (AvgIpc) is 2.72. The lowest BCUT2D eigenvalue weighted by molar-refractivity contribution is -0.138. The van der Waals surface area contributed by atoms with Crippen LogP contribution in [0.4, 0.5) is 0 Å². The first-order chi connectivity index (χ1) is 13.3. The number of likely N-dealkylation sites (tertiary alicyclic amines) is 1. The maximum atomic E-state index is 12.8. The summed E-state index contributed by atoms with van der Waals surface area (Å²) in [5, 5.41) is 0. The summed E-state index contributed by atoms with van der Waals surface area (Å²) in [6.45, 7) is 14.7. The highest BCUT2D eigenvalue weighted by Gasteiger charge is 2.31. The minimum absolute atomic E-state index is 0.0699. The Morgan fingerprint density at radius 3 is 1.96 bits per heavy atom. The fraction of sp³-hybridized carbons (Fsp3) is 0.652. The molecule has 3 rings (SSSR count). The molecular weight excluding hydrogens is 350 g/mol. The van der Waals surface area contributed by atoms with E-state index in [0.29, 0.717) is 13.1 Å². The van der Waals surface area contributed by atoms with Gasteiger partial charge in [0, 0.05) is 50.7 Å². The minimum atomic E-state index is 0.0699. The van der Waals surface area contributed by atoms with Crippen molar-refractivity contribution in [2.75, 3.05) is 45.8 Å². The van der Waals surface area contributed by atoms with Crippen LogP contribution in [0.2, 0.25) is 0 Å². The predicted octanol–water partition coefficient (Wildman–Crippen LogP) is 3.00. The van der Waals surface area contributed by atoms with Crippen molar-refractivity contribution in [1.82, 2.24) is 14.7 Å². The number of amides is 2. The zero-order valence-electron chi connectivity index (χ0n) is 17.9. The molecule has 2 heterocycles. The Balaban J connectivity index is 1.52. The summed E-state index contributed by atoms with van der Waals surface area (Å²) in [5.74, 6) is 0.445. The molecule has 2 aliphatic heterocycles. The maximum Gasteiger partial charge on any atom is 0.253 e. The van der Waals surface area contributed by atoms with E-state index in [-0.39, 0.29) is 23.1 Å². The van der Waals surface area contributed by atoms with Gasteiger partial charge in [-0.15, -0.1) is 0 Å². The second-order valence-electron chi connectivity index (χ2n) is 9.15. The molecule has 0 bridgehead atoms. The van der Waals surface area contributed by atoms with Gasteiger partial charge >= 0.3 is 0 Å². The second kappa shape index (κ2) is 8.64. The Bertz CT molecular complexity index is 677. The first-order valence-corrected chi connectivity index (χ1v) is 10.7. The molecule has 28 heavy (non-hydrogen) atoms. The molecular formula is C23H35N3O2. The molecule has 0 aliphatic carbocycles. The summed E-state index contributed by atoms with van der Waals surface area (Å²) in [7, 11) is 0. The normalized spacial score (nSPS) is 19.7. The molecule has 0 spiro atoms. The highest BCUT2D eigenvalue weighted by molar-refractivity contribution is 5.94. The van der Waals surface area contributed by atoms with Gasteiger partial charge in [-0.1, -0.05) is 39.8 Å². The lowest BCUT2D eigenvalue weighted by atomic mass is 9.86. The molecule has 5 heteroatoms. The number of piperazine rings is 1. The van der Waals surface area contributed by atoms with E-state index in [0.717, 1.165) is 51.1 Å². The van der Waals surface area contributed by atoms with E-state index in [2.05, 4.69) is 44.7 Å². The van der Waals surface area contributed by atoms with Gasteiger partial charge in [0.1, 0.15) is 0 Å². The third-order valence-corrected chi connectivity index (χ3v) is 6.26. The first kappa shape index (κ1) is 20.8. The molecule has 0 saturated carbocycles. The van der Waals surface area contributed by atoms with Crippen LogP contribution in [0.25, 0.3) is 0 Å². The van der Waals surface area contributed by atoms with E-state index in [1.807, 2.05) is 21.9 Å². The fourth-order valence-corrected chi connectivity index (χ4v) is 4.17. The molecule has 1 aromatic carbocycles. The maximum absolute atomic E-state index is 12.8. The highest BCUT2D eigenvalue weighted by atomic mass is 16.2. The number of rotatable bonds is 3. The summed E-state index contributed by atoms with van der Waals surface area (Å²) >= 11 is 0. The summed E-state index contributed by atoms with van der Waals surface area (Å²) in [5.41, 5.74) is 2.06. The van der Waals surface area contributed by atoms with Crippen molar-refractivity contribution in [3.63, 3.8) is 0 Å². The van der Waals surface area contributed by atoms with Gasteiger partial charge in [0.15, 0.2) is 0 Å². The van der Waals surface area contributed by atoms with Gasteiger partial charge in [-0.3, -0.25) is 9.59 Å².